The van der Waals surface area contributed by atoms with Gasteiger partial charge in [0.25, 0.3) is 10.0 Å². The lowest BCUT2D eigenvalue weighted by molar-refractivity contribution is 0.303. The fourth-order valence-electron chi connectivity index (χ4n) is 4.96. The maximum absolute atomic E-state index is 13.7. The van der Waals surface area contributed by atoms with Crippen molar-refractivity contribution >= 4 is 27.0 Å². The summed E-state index contributed by atoms with van der Waals surface area (Å²) in [6.07, 6.45) is 2.16. The molecule has 7 nitrogen and oxygen atoms in total. The molecular formula is C27H36N4O3S2. The largest absolute Gasteiger partial charge is 0.496 e. The first kappa shape index (κ1) is 26.6. The molecule has 0 radical (unpaired) electrons. The van der Waals surface area contributed by atoms with Crippen molar-refractivity contribution in [2.24, 2.45) is 0 Å². The number of aryl methyl sites for hydroxylation is 2. The van der Waals surface area contributed by atoms with Crippen LogP contribution in [0.4, 0.5) is 5.69 Å². The number of sulfonamides is 1. The summed E-state index contributed by atoms with van der Waals surface area (Å²) in [4.78, 5) is 4.35. The lowest BCUT2D eigenvalue weighted by atomic mass is 9.92. The SMILES string of the molecule is COc1ccc(N(C(C)C)S(=O)(=O)c2sc(C)nc2C)cc1CNC1CCCNC1c1ccccc1. The van der Waals surface area contributed by atoms with Crippen LogP contribution in [0.2, 0.25) is 0 Å². The van der Waals surface area contributed by atoms with Gasteiger partial charge < -0.3 is 15.4 Å². The van der Waals surface area contributed by atoms with Gasteiger partial charge in [0.05, 0.1) is 23.5 Å². The molecule has 1 fully saturated rings. The van der Waals surface area contributed by atoms with E-state index in [1.807, 2.05) is 45.0 Å². The molecule has 2 unspecified atom stereocenters. The molecule has 1 aliphatic heterocycles. The highest BCUT2D eigenvalue weighted by Crippen LogP contribution is 2.34. The molecule has 2 atom stereocenters. The molecule has 0 aliphatic carbocycles. The molecule has 36 heavy (non-hydrogen) atoms. The molecule has 2 heterocycles. The van der Waals surface area contributed by atoms with Crippen LogP contribution in [0.5, 0.6) is 5.75 Å². The normalized spacial score (nSPS) is 18.4. The fourth-order valence-corrected chi connectivity index (χ4v) is 8.17. The van der Waals surface area contributed by atoms with E-state index in [-0.39, 0.29) is 18.1 Å². The van der Waals surface area contributed by atoms with Gasteiger partial charge in [0.15, 0.2) is 4.21 Å². The number of rotatable bonds is 9. The number of ether oxygens (including phenoxy) is 1. The van der Waals surface area contributed by atoms with Crippen molar-refractivity contribution in [3.05, 3.63) is 70.4 Å². The maximum atomic E-state index is 13.7. The summed E-state index contributed by atoms with van der Waals surface area (Å²) in [5.41, 5.74) is 3.35. The molecule has 0 bridgehead atoms. The van der Waals surface area contributed by atoms with Crippen LogP contribution < -0.4 is 19.7 Å². The molecule has 0 spiro atoms. The highest BCUT2D eigenvalue weighted by atomic mass is 32.2. The second-order valence-electron chi connectivity index (χ2n) is 9.47. The Kier molecular flexibility index (Phi) is 8.34. The summed E-state index contributed by atoms with van der Waals surface area (Å²) in [5, 5.41) is 8.11. The van der Waals surface area contributed by atoms with Gasteiger partial charge in [0.2, 0.25) is 0 Å². The predicted molar refractivity (Wildman–Crippen MR) is 146 cm³/mol. The molecule has 0 saturated carbocycles. The van der Waals surface area contributed by atoms with E-state index in [0.29, 0.717) is 22.1 Å². The summed E-state index contributed by atoms with van der Waals surface area (Å²) in [5.74, 6) is 0.734. The molecule has 2 N–H and O–H groups in total. The van der Waals surface area contributed by atoms with Crippen LogP contribution in [-0.2, 0) is 16.6 Å². The number of benzene rings is 2. The van der Waals surface area contributed by atoms with Crippen molar-refractivity contribution in [1.82, 2.24) is 15.6 Å². The Hall–Kier alpha value is -2.46. The fraction of sp³-hybridized carbons (Fsp3) is 0.444. The molecule has 0 amide bonds. The summed E-state index contributed by atoms with van der Waals surface area (Å²) in [6, 6.07) is 16.3. The van der Waals surface area contributed by atoms with Crippen LogP contribution in [0, 0.1) is 13.8 Å². The number of anilines is 1. The first-order chi connectivity index (χ1) is 17.2. The first-order valence-electron chi connectivity index (χ1n) is 12.4. The van der Waals surface area contributed by atoms with Crippen LogP contribution in [0.3, 0.4) is 0 Å². The molecule has 1 aromatic heterocycles. The Morgan fingerprint density at radius 3 is 2.58 bits per heavy atom. The summed E-state index contributed by atoms with van der Waals surface area (Å²) >= 11 is 1.22. The Balaban J connectivity index is 1.62. The Bertz CT molecular complexity index is 1280. The zero-order valence-electron chi connectivity index (χ0n) is 21.6. The number of aromatic nitrogens is 1. The standard InChI is InChI=1S/C27H36N4O3S2/c1-18(2)31(36(32,33)27-19(3)30-20(4)35-27)23-13-14-25(34-5)22(16-23)17-29-24-12-9-15-28-26(24)21-10-7-6-8-11-21/h6-8,10-11,13-14,16,18,24,26,28-29H,9,12,15,17H2,1-5H3. The van der Waals surface area contributed by atoms with E-state index in [1.54, 1.807) is 14.0 Å². The van der Waals surface area contributed by atoms with Gasteiger partial charge in [0.1, 0.15) is 5.75 Å². The number of hydrogen-bond acceptors (Lipinski definition) is 7. The number of hydrogen-bond donors (Lipinski definition) is 2. The third kappa shape index (κ3) is 5.59. The summed E-state index contributed by atoms with van der Waals surface area (Å²) < 4.78 is 34.9. The number of nitrogens with one attached hydrogen (secondary N) is 2. The van der Waals surface area contributed by atoms with Gasteiger partial charge in [-0.15, -0.1) is 11.3 Å². The molecule has 3 aromatic rings. The zero-order valence-corrected chi connectivity index (χ0v) is 23.2. The lowest BCUT2D eigenvalue weighted by Crippen LogP contribution is -2.45. The van der Waals surface area contributed by atoms with Crippen molar-refractivity contribution in [2.45, 2.75) is 69.4 Å². The lowest BCUT2D eigenvalue weighted by Gasteiger charge is -2.34. The predicted octanol–water partition coefficient (Wildman–Crippen LogP) is 4.96. The van der Waals surface area contributed by atoms with Crippen LogP contribution in [0.25, 0.3) is 0 Å². The van der Waals surface area contributed by atoms with Gasteiger partial charge in [0, 0.05) is 30.2 Å². The van der Waals surface area contributed by atoms with E-state index in [9.17, 15) is 8.42 Å². The summed E-state index contributed by atoms with van der Waals surface area (Å²) in [6.45, 7) is 8.92. The average molecular weight is 529 g/mol. The minimum absolute atomic E-state index is 0.221. The molecule has 1 aliphatic rings. The topological polar surface area (TPSA) is 83.6 Å². The van der Waals surface area contributed by atoms with E-state index < -0.39 is 10.0 Å². The van der Waals surface area contributed by atoms with E-state index in [2.05, 4.69) is 39.9 Å². The third-order valence-corrected chi connectivity index (χ3v) is 10.2. The van der Waals surface area contributed by atoms with E-state index in [1.165, 1.54) is 21.2 Å². The number of methoxy groups -OCH3 is 1. The quantitative estimate of drug-likeness (QED) is 0.409. The zero-order chi connectivity index (χ0) is 25.9. The molecule has 9 heteroatoms. The molecule has 2 aromatic carbocycles. The van der Waals surface area contributed by atoms with E-state index in [0.717, 1.165) is 35.7 Å². The van der Waals surface area contributed by atoms with Gasteiger partial charge in [-0.2, -0.15) is 0 Å². The molecule has 1 saturated heterocycles. The number of nitrogens with zero attached hydrogens (tertiary/aromatic N) is 2. The van der Waals surface area contributed by atoms with Gasteiger partial charge in [-0.25, -0.2) is 13.4 Å². The van der Waals surface area contributed by atoms with Gasteiger partial charge in [-0.05, 0) is 70.8 Å². The van der Waals surface area contributed by atoms with Gasteiger partial charge >= 0.3 is 0 Å². The highest BCUT2D eigenvalue weighted by molar-refractivity contribution is 7.94. The van der Waals surface area contributed by atoms with Crippen molar-refractivity contribution in [1.29, 1.82) is 0 Å². The number of thiazole rings is 1. The monoisotopic (exact) mass is 528 g/mol. The average Bonchev–Trinajstić information content (AvgIpc) is 3.22. The van der Waals surface area contributed by atoms with Crippen LogP contribution in [0.15, 0.2) is 52.7 Å². The van der Waals surface area contributed by atoms with Crippen molar-refractivity contribution < 1.29 is 13.2 Å². The Morgan fingerprint density at radius 2 is 1.94 bits per heavy atom. The maximum Gasteiger partial charge on any atom is 0.275 e. The second kappa shape index (κ2) is 11.3. The van der Waals surface area contributed by atoms with Gasteiger partial charge in [-0.3, -0.25) is 4.31 Å². The number of piperidine rings is 1. The highest BCUT2D eigenvalue weighted by Gasteiger charge is 2.32. The van der Waals surface area contributed by atoms with Crippen LogP contribution in [-0.4, -0.2) is 39.1 Å². The van der Waals surface area contributed by atoms with Crippen molar-refractivity contribution in [2.75, 3.05) is 18.0 Å². The van der Waals surface area contributed by atoms with Crippen molar-refractivity contribution in [3.63, 3.8) is 0 Å². The minimum atomic E-state index is -3.76. The van der Waals surface area contributed by atoms with Crippen molar-refractivity contribution in [3.8, 4) is 5.75 Å². The molecule has 4 rings (SSSR count). The van der Waals surface area contributed by atoms with Crippen LogP contribution in [0.1, 0.15) is 54.6 Å². The van der Waals surface area contributed by atoms with E-state index >= 15 is 0 Å². The van der Waals surface area contributed by atoms with Crippen LogP contribution >= 0.6 is 11.3 Å². The Labute approximate surface area is 219 Å². The Morgan fingerprint density at radius 1 is 1.19 bits per heavy atom. The molecular weight excluding hydrogens is 492 g/mol. The van der Waals surface area contributed by atoms with Gasteiger partial charge in [-0.1, -0.05) is 30.3 Å². The molecule has 194 valence electrons. The minimum Gasteiger partial charge on any atom is -0.496 e. The van der Waals surface area contributed by atoms with E-state index in [4.69, 9.17) is 4.74 Å². The second-order valence-corrected chi connectivity index (χ2v) is 12.7. The first-order valence-corrected chi connectivity index (χ1v) is 14.6. The summed E-state index contributed by atoms with van der Waals surface area (Å²) in [7, 11) is -2.11. The smallest absolute Gasteiger partial charge is 0.275 e. The third-order valence-electron chi connectivity index (χ3n) is 6.51.